The van der Waals surface area contributed by atoms with Crippen LogP contribution in [0.3, 0.4) is 0 Å². The van der Waals surface area contributed by atoms with Gasteiger partial charge in [-0.3, -0.25) is 9.59 Å². The Morgan fingerprint density at radius 1 is 1.32 bits per heavy atom. The topological polar surface area (TPSA) is 58.6 Å². The maximum Gasteiger partial charge on any atom is 0.252 e. The van der Waals surface area contributed by atoms with E-state index in [9.17, 15) is 9.59 Å². The van der Waals surface area contributed by atoms with Crippen LogP contribution in [0.2, 0.25) is 0 Å². The fourth-order valence-electron chi connectivity index (χ4n) is 2.66. The van der Waals surface area contributed by atoms with Crippen molar-refractivity contribution in [3.8, 4) is 0 Å². The second kappa shape index (κ2) is 6.08. The molecule has 1 aromatic carbocycles. The van der Waals surface area contributed by atoms with E-state index < -0.39 is 12.1 Å². The molecule has 120 valence electrons. The predicted molar refractivity (Wildman–Crippen MR) is 84.3 cm³/mol. The van der Waals surface area contributed by atoms with E-state index in [1.807, 2.05) is 52.0 Å². The molecule has 2 amide bonds. The number of nitrogens with one attached hydrogen (secondary N) is 1. The Morgan fingerprint density at radius 3 is 2.55 bits per heavy atom. The number of carbonyl (C=O) groups is 2. The molecule has 0 unspecified atom stereocenters. The summed E-state index contributed by atoms with van der Waals surface area (Å²) in [7, 11) is 1.72. The SMILES string of the molecule is Cc1ccccc1[C@@H]1[C@@H](C(=O)NC(C)(C)C)OCC(=O)N1C. The zero-order valence-corrected chi connectivity index (χ0v) is 13.8. The number of benzene rings is 1. The van der Waals surface area contributed by atoms with Crippen LogP contribution in [0, 0.1) is 6.92 Å². The smallest absolute Gasteiger partial charge is 0.252 e. The third kappa shape index (κ3) is 3.47. The predicted octanol–water partition coefficient (Wildman–Crippen LogP) is 1.81. The van der Waals surface area contributed by atoms with Gasteiger partial charge in [0.25, 0.3) is 5.91 Å². The van der Waals surface area contributed by atoms with Crippen molar-refractivity contribution in [2.24, 2.45) is 0 Å². The number of hydrogen-bond donors (Lipinski definition) is 1. The standard InChI is InChI=1S/C17H24N2O3/c1-11-8-6-7-9-12(11)14-15(16(21)18-17(2,3)4)22-10-13(20)19(14)5/h6-9,14-15H,10H2,1-5H3,(H,18,21)/t14-,15+/m1/s1. The summed E-state index contributed by atoms with van der Waals surface area (Å²) in [5.74, 6) is -0.312. The van der Waals surface area contributed by atoms with Gasteiger partial charge < -0.3 is 15.0 Å². The van der Waals surface area contributed by atoms with Gasteiger partial charge in [-0.1, -0.05) is 24.3 Å². The molecule has 0 saturated carbocycles. The van der Waals surface area contributed by atoms with Gasteiger partial charge in [-0.15, -0.1) is 0 Å². The number of rotatable bonds is 2. The second-order valence-corrected chi connectivity index (χ2v) is 6.78. The monoisotopic (exact) mass is 304 g/mol. The minimum Gasteiger partial charge on any atom is -0.356 e. The molecule has 1 aliphatic rings. The fraction of sp³-hybridized carbons (Fsp3) is 0.529. The van der Waals surface area contributed by atoms with Gasteiger partial charge in [-0.2, -0.15) is 0 Å². The zero-order chi connectivity index (χ0) is 16.5. The third-order valence-electron chi connectivity index (χ3n) is 3.75. The number of likely N-dealkylation sites (N-methyl/N-ethyl adjacent to an activating group) is 1. The lowest BCUT2D eigenvalue weighted by molar-refractivity contribution is -0.162. The first-order valence-corrected chi connectivity index (χ1v) is 7.45. The highest BCUT2D eigenvalue weighted by Gasteiger charge is 2.41. The average Bonchev–Trinajstić information content (AvgIpc) is 2.40. The molecule has 1 N–H and O–H groups in total. The maximum atomic E-state index is 12.6. The van der Waals surface area contributed by atoms with E-state index in [4.69, 9.17) is 4.74 Å². The summed E-state index contributed by atoms with van der Waals surface area (Å²) in [6.07, 6.45) is -0.706. The summed E-state index contributed by atoms with van der Waals surface area (Å²) in [6.45, 7) is 7.67. The zero-order valence-electron chi connectivity index (χ0n) is 13.8. The van der Waals surface area contributed by atoms with Crippen LogP contribution in [0.5, 0.6) is 0 Å². The minimum absolute atomic E-state index is 0.0683. The Kier molecular flexibility index (Phi) is 4.56. The van der Waals surface area contributed by atoms with E-state index in [1.165, 1.54) is 0 Å². The van der Waals surface area contributed by atoms with Gasteiger partial charge in [-0.05, 0) is 38.8 Å². The first-order valence-electron chi connectivity index (χ1n) is 7.45. The van der Waals surface area contributed by atoms with Crippen LogP contribution in [-0.4, -0.2) is 42.0 Å². The van der Waals surface area contributed by atoms with E-state index in [-0.39, 0.29) is 24.0 Å². The van der Waals surface area contributed by atoms with Crippen LogP contribution < -0.4 is 5.32 Å². The summed E-state index contributed by atoms with van der Waals surface area (Å²) in [4.78, 5) is 26.2. The van der Waals surface area contributed by atoms with Crippen LogP contribution in [0.15, 0.2) is 24.3 Å². The van der Waals surface area contributed by atoms with Gasteiger partial charge in [0.2, 0.25) is 5.91 Å². The molecule has 5 nitrogen and oxygen atoms in total. The van der Waals surface area contributed by atoms with Crippen LogP contribution >= 0.6 is 0 Å². The van der Waals surface area contributed by atoms with Crippen molar-refractivity contribution in [3.05, 3.63) is 35.4 Å². The van der Waals surface area contributed by atoms with Gasteiger partial charge in [0.05, 0.1) is 6.04 Å². The molecule has 2 rings (SSSR count). The van der Waals surface area contributed by atoms with Crippen molar-refractivity contribution in [2.45, 2.75) is 45.4 Å². The molecule has 0 bridgehead atoms. The molecule has 2 atom stereocenters. The van der Waals surface area contributed by atoms with Crippen molar-refractivity contribution in [1.82, 2.24) is 10.2 Å². The highest BCUT2D eigenvalue weighted by atomic mass is 16.5. The molecule has 1 heterocycles. The van der Waals surface area contributed by atoms with Gasteiger partial charge in [0, 0.05) is 12.6 Å². The van der Waals surface area contributed by atoms with E-state index >= 15 is 0 Å². The molecular weight excluding hydrogens is 280 g/mol. The molecule has 5 heteroatoms. The number of nitrogens with zero attached hydrogens (tertiary/aromatic N) is 1. The highest BCUT2D eigenvalue weighted by Crippen LogP contribution is 2.31. The summed E-state index contributed by atoms with van der Waals surface area (Å²) < 4.78 is 5.59. The van der Waals surface area contributed by atoms with Crippen molar-refractivity contribution in [3.63, 3.8) is 0 Å². The van der Waals surface area contributed by atoms with Gasteiger partial charge in [0.15, 0.2) is 6.10 Å². The van der Waals surface area contributed by atoms with Gasteiger partial charge >= 0.3 is 0 Å². The van der Waals surface area contributed by atoms with Crippen molar-refractivity contribution < 1.29 is 14.3 Å². The summed E-state index contributed by atoms with van der Waals surface area (Å²) >= 11 is 0. The third-order valence-corrected chi connectivity index (χ3v) is 3.75. The molecule has 22 heavy (non-hydrogen) atoms. The van der Waals surface area contributed by atoms with Crippen LogP contribution in [0.1, 0.15) is 37.9 Å². The van der Waals surface area contributed by atoms with Crippen LogP contribution in [0.25, 0.3) is 0 Å². The number of hydrogen-bond acceptors (Lipinski definition) is 3. The molecule has 1 fully saturated rings. The Morgan fingerprint density at radius 2 is 1.95 bits per heavy atom. The van der Waals surface area contributed by atoms with E-state index in [1.54, 1.807) is 11.9 Å². The number of morpholine rings is 1. The minimum atomic E-state index is -0.706. The Balaban J connectivity index is 2.37. The largest absolute Gasteiger partial charge is 0.356 e. The molecule has 0 radical (unpaired) electrons. The second-order valence-electron chi connectivity index (χ2n) is 6.78. The summed E-state index contributed by atoms with van der Waals surface area (Å²) in [5.41, 5.74) is 1.62. The van der Waals surface area contributed by atoms with Crippen LogP contribution in [-0.2, 0) is 14.3 Å². The lowest BCUT2D eigenvalue weighted by atomic mass is 9.93. The first-order chi connectivity index (χ1) is 10.2. The quantitative estimate of drug-likeness (QED) is 0.906. The van der Waals surface area contributed by atoms with Crippen LogP contribution in [0.4, 0.5) is 0 Å². The molecular formula is C17H24N2O3. The molecule has 0 spiro atoms. The Labute approximate surface area is 131 Å². The highest BCUT2D eigenvalue weighted by molar-refractivity contribution is 5.86. The molecule has 0 aliphatic carbocycles. The summed E-state index contributed by atoms with van der Waals surface area (Å²) in [5, 5.41) is 2.94. The molecule has 0 aromatic heterocycles. The van der Waals surface area contributed by atoms with Crippen molar-refractivity contribution in [1.29, 1.82) is 0 Å². The number of aryl methyl sites for hydroxylation is 1. The molecule has 1 saturated heterocycles. The number of amides is 2. The van der Waals surface area contributed by atoms with Gasteiger partial charge in [0.1, 0.15) is 6.61 Å². The van der Waals surface area contributed by atoms with E-state index in [0.29, 0.717) is 0 Å². The lowest BCUT2D eigenvalue weighted by Crippen LogP contribution is -2.56. The fourth-order valence-corrected chi connectivity index (χ4v) is 2.66. The maximum absolute atomic E-state index is 12.6. The van der Waals surface area contributed by atoms with E-state index in [0.717, 1.165) is 11.1 Å². The normalized spacial score (nSPS) is 22.6. The van der Waals surface area contributed by atoms with Gasteiger partial charge in [-0.25, -0.2) is 0 Å². The summed E-state index contributed by atoms with van der Waals surface area (Å²) in [6, 6.07) is 7.35. The molecule has 1 aromatic rings. The average molecular weight is 304 g/mol. The Hall–Kier alpha value is -1.88. The first kappa shape index (κ1) is 16.5. The van der Waals surface area contributed by atoms with Crippen molar-refractivity contribution >= 4 is 11.8 Å². The molecule has 1 aliphatic heterocycles. The lowest BCUT2D eigenvalue weighted by Gasteiger charge is -2.39. The van der Waals surface area contributed by atoms with E-state index in [2.05, 4.69) is 5.32 Å². The Bertz CT molecular complexity index is 578. The number of carbonyl (C=O) groups excluding carboxylic acids is 2. The van der Waals surface area contributed by atoms with Crippen molar-refractivity contribution in [2.75, 3.05) is 13.7 Å². The number of ether oxygens (including phenoxy) is 1.